The number of rotatable bonds is 2. The van der Waals surface area contributed by atoms with Crippen molar-refractivity contribution in [3.8, 4) is 0 Å². The maximum absolute atomic E-state index is 12.9. The van der Waals surface area contributed by atoms with E-state index in [-0.39, 0.29) is 24.3 Å². The van der Waals surface area contributed by atoms with Gasteiger partial charge in [0, 0.05) is 17.6 Å². The van der Waals surface area contributed by atoms with Gasteiger partial charge in [-0.25, -0.2) is 4.90 Å². The molecule has 4 rings (SSSR count). The van der Waals surface area contributed by atoms with Crippen molar-refractivity contribution in [3.05, 3.63) is 64.1 Å². The Morgan fingerprint density at radius 2 is 1.67 bits per heavy atom. The summed E-state index contributed by atoms with van der Waals surface area (Å²) >= 11 is 3.44. The van der Waals surface area contributed by atoms with Crippen LogP contribution >= 0.6 is 15.9 Å². The largest absolute Gasteiger partial charge is 0.287 e. The smallest absolute Gasteiger partial charge is 0.251 e. The molecule has 0 bridgehead atoms. The van der Waals surface area contributed by atoms with Gasteiger partial charge in [-0.3, -0.25) is 14.5 Å². The second-order valence-electron chi connectivity index (χ2n) is 6.23. The molecule has 4 nitrogen and oxygen atoms in total. The normalized spacial score (nSPS) is 21.2. The second kappa shape index (κ2) is 6.15. The molecule has 2 aliphatic rings. The van der Waals surface area contributed by atoms with Gasteiger partial charge in [0.15, 0.2) is 0 Å². The summed E-state index contributed by atoms with van der Waals surface area (Å²) in [6.45, 7) is 1.54. The van der Waals surface area contributed by atoms with Crippen LogP contribution in [0.15, 0.2) is 53.0 Å². The van der Waals surface area contributed by atoms with E-state index in [9.17, 15) is 9.59 Å². The van der Waals surface area contributed by atoms with E-state index in [1.54, 1.807) is 6.07 Å². The molecule has 2 aromatic carbocycles. The summed E-state index contributed by atoms with van der Waals surface area (Å²) < 4.78 is 0.760. The summed E-state index contributed by atoms with van der Waals surface area (Å²) in [7, 11) is 0. The molecule has 1 fully saturated rings. The minimum Gasteiger partial charge on any atom is -0.287 e. The highest BCUT2D eigenvalue weighted by Crippen LogP contribution is 2.33. The Kier molecular flexibility index (Phi) is 3.98. The standard InChI is InChI=1S/C19H17BrN2O2/c20-15-7-3-4-8-16(15)22-18(23)11-17(19(22)24)21-10-9-13-5-1-2-6-14(13)12-21/h1-8,17H,9-12H2/t17-/m1/s1. The number of carbonyl (C=O) groups excluding carboxylic acids is 2. The third-order valence-corrected chi connectivity index (χ3v) is 5.49. The molecule has 0 aliphatic carbocycles. The van der Waals surface area contributed by atoms with Crippen molar-refractivity contribution in [3.63, 3.8) is 0 Å². The van der Waals surface area contributed by atoms with Crippen LogP contribution in [0.1, 0.15) is 17.5 Å². The monoisotopic (exact) mass is 384 g/mol. The van der Waals surface area contributed by atoms with Crippen molar-refractivity contribution in [2.75, 3.05) is 11.4 Å². The molecule has 0 unspecified atom stereocenters. The first-order chi connectivity index (χ1) is 11.6. The van der Waals surface area contributed by atoms with Gasteiger partial charge < -0.3 is 0 Å². The summed E-state index contributed by atoms with van der Waals surface area (Å²) in [5, 5.41) is 0. The molecule has 0 N–H and O–H groups in total. The molecule has 0 spiro atoms. The molecule has 122 valence electrons. The van der Waals surface area contributed by atoms with Gasteiger partial charge in [0.05, 0.1) is 18.2 Å². The minimum atomic E-state index is -0.363. The average Bonchev–Trinajstić information content (AvgIpc) is 2.90. The van der Waals surface area contributed by atoms with Gasteiger partial charge in [-0.05, 0) is 45.6 Å². The van der Waals surface area contributed by atoms with Crippen LogP contribution in [0, 0.1) is 0 Å². The van der Waals surface area contributed by atoms with Gasteiger partial charge in [0.1, 0.15) is 0 Å². The highest BCUT2D eigenvalue weighted by atomic mass is 79.9. The van der Waals surface area contributed by atoms with Crippen molar-refractivity contribution in [1.29, 1.82) is 0 Å². The molecular formula is C19H17BrN2O2. The topological polar surface area (TPSA) is 40.6 Å². The Balaban J connectivity index is 1.60. The van der Waals surface area contributed by atoms with E-state index < -0.39 is 0 Å². The molecule has 1 saturated heterocycles. The molecule has 0 saturated carbocycles. The van der Waals surface area contributed by atoms with Crippen molar-refractivity contribution in [2.45, 2.75) is 25.4 Å². The van der Waals surface area contributed by atoms with Gasteiger partial charge in [0.25, 0.3) is 5.91 Å². The predicted molar refractivity (Wildman–Crippen MR) is 95.6 cm³/mol. The Morgan fingerprint density at radius 1 is 0.958 bits per heavy atom. The SMILES string of the molecule is O=C1C[C@@H](N2CCc3ccccc3C2)C(=O)N1c1ccccc1Br. The molecule has 2 aliphatic heterocycles. The van der Waals surface area contributed by atoms with E-state index in [1.807, 2.05) is 30.3 Å². The Hall–Kier alpha value is -1.98. The molecule has 1 atom stereocenters. The first-order valence-corrected chi connectivity index (χ1v) is 8.86. The van der Waals surface area contributed by atoms with E-state index in [2.05, 4.69) is 33.0 Å². The molecule has 0 radical (unpaired) electrons. The number of fused-ring (bicyclic) bond motifs is 1. The van der Waals surface area contributed by atoms with Crippen LogP contribution in [0.5, 0.6) is 0 Å². The zero-order valence-electron chi connectivity index (χ0n) is 13.1. The maximum Gasteiger partial charge on any atom is 0.251 e. The Morgan fingerprint density at radius 3 is 2.46 bits per heavy atom. The summed E-state index contributed by atoms with van der Waals surface area (Å²) in [5.41, 5.74) is 3.23. The summed E-state index contributed by atoms with van der Waals surface area (Å²) in [6, 6.07) is 15.3. The van der Waals surface area contributed by atoms with E-state index in [0.717, 1.165) is 24.0 Å². The molecule has 0 aromatic heterocycles. The third kappa shape index (κ3) is 2.58. The maximum atomic E-state index is 12.9. The van der Waals surface area contributed by atoms with Gasteiger partial charge in [0.2, 0.25) is 5.91 Å². The number of imide groups is 1. The van der Waals surface area contributed by atoms with Crippen molar-refractivity contribution >= 4 is 33.4 Å². The highest BCUT2D eigenvalue weighted by Gasteiger charge is 2.43. The lowest BCUT2D eigenvalue weighted by Gasteiger charge is -2.32. The van der Waals surface area contributed by atoms with Crippen molar-refractivity contribution < 1.29 is 9.59 Å². The third-order valence-electron chi connectivity index (χ3n) is 4.82. The van der Waals surface area contributed by atoms with E-state index in [1.165, 1.54) is 16.0 Å². The first kappa shape index (κ1) is 15.5. The van der Waals surface area contributed by atoms with Crippen LogP contribution < -0.4 is 4.90 Å². The van der Waals surface area contributed by atoms with Crippen LogP contribution in [0.2, 0.25) is 0 Å². The van der Waals surface area contributed by atoms with Crippen LogP contribution in [0.25, 0.3) is 0 Å². The number of para-hydroxylation sites is 1. The Bertz CT molecular complexity index is 821. The number of halogens is 1. The van der Waals surface area contributed by atoms with E-state index >= 15 is 0 Å². The lowest BCUT2D eigenvalue weighted by atomic mass is 9.98. The molecular weight excluding hydrogens is 368 g/mol. The first-order valence-electron chi connectivity index (χ1n) is 8.07. The average molecular weight is 385 g/mol. The molecule has 2 aromatic rings. The number of hydrogen-bond acceptors (Lipinski definition) is 3. The lowest BCUT2D eigenvalue weighted by Crippen LogP contribution is -2.44. The van der Waals surface area contributed by atoms with Gasteiger partial charge in [-0.2, -0.15) is 0 Å². The van der Waals surface area contributed by atoms with E-state index in [0.29, 0.717) is 5.69 Å². The number of anilines is 1. The van der Waals surface area contributed by atoms with Crippen LogP contribution in [0.3, 0.4) is 0 Å². The van der Waals surface area contributed by atoms with E-state index in [4.69, 9.17) is 0 Å². The summed E-state index contributed by atoms with van der Waals surface area (Å²) in [5.74, 6) is -0.248. The fraction of sp³-hybridized carbons (Fsp3) is 0.263. The zero-order valence-corrected chi connectivity index (χ0v) is 14.7. The van der Waals surface area contributed by atoms with Crippen LogP contribution in [-0.2, 0) is 22.6 Å². The molecule has 2 heterocycles. The predicted octanol–water partition coefficient (Wildman–Crippen LogP) is 3.14. The van der Waals surface area contributed by atoms with Crippen molar-refractivity contribution in [2.24, 2.45) is 0 Å². The highest BCUT2D eigenvalue weighted by molar-refractivity contribution is 9.10. The summed E-state index contributed by atoms with van der Waals surface area (Å²) in [6.07, 6.45) is 1.17. The molecule has 5 heteroatoms. The second-order valence-corrected chi connectivity index (χ2v) is 7.08. The number of amides is 2. The molecule has 24 heavy (non-hydrogen) atoms. The van der Waals surface area contributed by atoms with Gasteiger partial charge >= 0.3 is 0 Å². The number of carbonyl (C=O) groups is 2. The quantitative estimate of drug-likeness (QED) is 0.746. The van der Waals surface area contributed by atoms with Gasteiger partial charge in [-0.15, -0.1) is 0 Å². The number of nitrogens with zero attached hydrogens (tertiary/aromatic N) is 2. The lowest BCUT2D eigenvalue weighted by molar-refractivity contribution is -0.123. The van der Waals surface area contributed by atoms with Gasteiger partial charge in [-0.1, -0.05) is 36.4 Å². The fourth-order valence-corrected chi connectivity index (χ4v) is 4.03. The van der Waals surface area contributed by atoms with Crippen molar-refractivity contribution in [1.82, 2.24) is 4.90 Å². The molecule has 2 amide bonds. The number of benzene rings is 2. The van der Waals surface area contributed by atoms with Crippen LogP contribution in [-0.4, -0.2) is 29.3 Å². The van der Waals surface area contributed by atoms with Crippen LogP contribution in [0.4, 0.5) is 5.69 Å². The fourth-order valence-electron chi connectivity index (χ4n) is 3.57. The zero-order chi connectivity index (χ0) is 16.7. The Labute approximate surface area is 149 Å². The minimum absolute atomic E-state index is 0.119. The number of hydrogen-bond donors (Lipinski definition) is 0. The summed E-state index contributed by atoms with van der Waals surface area (Å²) in [4.78, 5) is 28.9.